The van der Waals surface area contributed by atoms with Crippen LogP contribution in [0.4, 0.5) is 13.2 Å². The van der Waals surface area contributed by atoms with Gasteiger partial charge in [-0.2, -0.15) is 18.3 Å². The first-order valence-electron chi connectivity index (χ1n) is 12.6. The number of fused-ring (bicyclic) bond motifs is 1. The number of esters is 1. The van der Waals surface area contributed by atoms with Crippen LogP contribution in [-0.4, -0.2) is 44.7 Å². The fraction of sp³-hybridized carbons (Fsp3) is 0.464. The van der Waals surface area contributed by atoms with E-state index < -0.39 is 36.5 Å². The summed E-state index contributed by atoms with van der Waals surface area (Å²) < 4.78 is 49.3. The van der Waals surface area contributed by atoms with Gasteiger partial charge in [0.2, 0.25) is 0 Å². The topological polar surface area (TPSA) is 77.2 Å². The fourth-order valence-corrected chi connectivity index (χ4v) is 5.58. The van der Waals surface area contributed by atoms with Crippen LogP contribution >= 0.6 is 0 Å². The van der Waals surface area contributed by atoms with E-state index in [2.05, 4.69) is 4.98 Å². The van der Waals surface area contributed by atoms with Gasteiger partial charge in [-0.1, -0.05) is 18.6 Å². The van der Waals surface area contributed by atoms with Gasteiger partial charge in [-0.15, -0.1) is 0 Å². The number of benzene rings is 1. The van der Waals surface area contributed by atoms with Gasteiger partial charge in [-0.3, -0.25) is 9.67 Å². The molecule has 2 aliphatic carbocycles. The number of hydrogen-bond donors (Lipinski definition) is 1. The van der Waals surface area contributed by atoms with Gasteiger partial charge in [0.15, 0.2) is 5.60 Å². The lowest BCUT2D eigenvalue weighted by molar-refractivity contribution is -0.262. The first-order valence-corrected chi connectivity index (χ1v) is 12.6. The number of carbonyl (C=O) groups excluding carboxylic acids is 1. The highest BCUT2D eigenvalue weighted by Crippen LogP contribution is 2.48. The normalized spacial score (nSPS) is 22.2. The van der Waals surface area contributed by atoms with Crippen molar-refractivity contribution >= 4 is 5.97 Å². The highest BCUT2D eigenvalue weighted by Gasteiger charge is 2.56. The van der Waals surface area contributed by atoms with Crippen molar-refractivity contribution < 1.29 is 27.8 Å². The summed E-state index contributed by atoms with van der Waals surface area (Å²) in [6.07, 6.45) is -0.977. The van der Waals surface area contributed by atoms with E-state index in [0.29, 0.717) is 40.7 Å². The van der Waals surface area contributed by atoms with Crippen molar-refractivity contribution in [3.8, 4) is 11.4 Å². The number of halogens is 3. The van der Waals surface area contributed by atoms with Crippen LogP contribution in [0, 0.1) is 12.8 Å². The van der Waals surface area contributed by atoms with Crippen LogP contribution in [0.25, 0.3) is 11.4 Å². The number of nitrogens with zero attached hydrogens (tertiary/aromatic N) is 3. The Balaban J connectivity index is 1.72. The number of carbonyl (C=O) groups is 1. The molecule has 196 valence electrons. The molecule has 9 heteroatoms. The third kappa shape index (κ3) is 4.65. The SMILES string of the molecule is COC(=O)c1ccc(C2CCC(O)(C(F)(F)F)Cc3c2c(-c2ccccn2)nn3CC2CCC2)c(C)c1. The van der Waals surface area contributed by atoms with Gasteiger partial charge in [0.1, 0.15) is 5.69 Å². The summed E-state index contributed by atoms with van der Waals surface area (Å²) in [6, 6.07) is 10.5. The Morgan fingerprint density at radius 1 is 1.22 bits per heavy atom. The van der Waals surface area contributed by atoms with Gasteiger partial charge in [0, 0.05) is 36.3 Å². The summed E-state index contributed by atoms with van der Waals surface area (Å²) >= 11 is 0. The maximum atomic E-state index is 14.2. The molecule has 1 saturated carbocycles. The van der Waals surface area contributed by atoms with E-state index in [4.69, 9.17) is 9.84 Å². The lowest BCUT2D eigenvalue weighted by atomic mass is 9.83. The Morgan fingerprint density at radius 3 is 2.59 bits per heavy atom. The quantitative estimate of drug-likeness (QED) is 0.355. The van der Waals surface area contributed by atoms with Crippen molar-refractivity contribution in [2.45, 2.75) is 69.7 Å². The van der Waals surface area contributed by atoms with Crippen molar-refractivity contribution in [3.63, 3.8) is 0 Å². The van der Waals surface area contributed by atoms with E-state index in [1.165, 1.54) is 7.11 Å². The van der Waals surface area contributed by atoms with Gasteiger partial charge in [-0.05, 0) is 73.9 Å². The summed E-state index contributed by atoms with van der Waals surface area (Å²) in [7, 11) is 1.30. The third-order valence-corrected chi connectivity index (χ3v) is 7.91. The molecule has 3 aromatic rings. The average molecular weight is 514 g/mol. The molecule has 0 bridgehead atoms. The number of ether oxygens (including phenoxy) is 1. The molecule has 0 aliphatic heterocycles. The molecule has 2 aliphatic rings. The Morgan fingerprint density at radius 2 is 2.00 bits per heavy atom. The van der Waals surface area contributed by atoms with E-state index in [0.717, 1.165) is 30.4 Å². The van der Waals surface area contributed by atoms with E-state index in [9.17, 15) is 23.1 Å². The number of aromatic nitrogens is 3. The lowest BCUT2D eigenvalue weighted by Crippen LogP contribution is -2.47. The van der Waals surface area contributed by atoms with Gasteiger partial charge in [0.25, 0.3) is 0 Å². The molecule has 6 nitrogen and oxygen atoms in total. The number of aliphatic hydroxyl groups is 1. The standard InChI is InChI=1S/C28H30F3N3O3/c1-17-14-19(26(35)37-2)9-10-20(17)21-11-12-27(36,28(29,30)31)15-23-24(21)25(22-8-3-4-13-32-22)33-34(23)16-18-6-5-7-18/h3-4,8-10,13-14,18,21,36H,5-7,11-12,15-16H2,1-2H3. The number of pyridine rings is 1. The molecular formula is C28H30F3N3O3. The molecule has 5 rings (SSSR count). The Labute approximate surface area is 213 Å². The minimum absolute atomic E-state index is 0.0658. The first-order chi connectivity index (χ1) is 17.6. The van der Waals surface area contributed by atoms with Crippen molar-refractivity contribution in [2.24, 2.45) is 5.92 Å². The fourth-order valence-electron chi connectivity index (χ4n) is 5.58. The van der Waals surface area contributed by atoms with E-state index >= 15 is 0 Å². The third-order valence-electron chi connectivity index (χ3n) is 7.91. The smallest absolute Gasteiger partial charge is 0.417 e. The predicted octanol–water partition coefficient (Wildman–Crippen LogP) is 5.60. The van der Waals surface area contributed by atoms with Gasteiger partial charge in [-0.25, -0.2) is 4.79 Å². The van der Waals surface area contributed by atoms with Crippen LogP contribution in [0.2, 0.25) is 0 Å². The van der Waals surface area contributed by atoms with E-state index in [1.54, 1.807) is 41.2 Å². The first kappa shape index (κ1) is 25.4. The van der Waals surface area contributed by atoms with Crippen LogP contribution in [-0.2, 0) is 17.7 Å². The summed E-state index contributed by atoms with van der Waals surface area (Å²) in [4.78, 5) is 16.6. The maximum Gasteiger partial charge on any atom is 0.417 e. The van der Waals surface area contributed by atoms with Crippen molar-refractivity contribution in [2.75, 3.05) is 7.11 Å². The molecule has 2 heterocycles. The Hall–Kier alpha value is -3.20. The summed E-state index contributed by atoms with van der Waals surface area (Å²) in [5.41, 5.74) is 1.26. The van der Waals surface area contributed by atoms with E-state index in [1.807, 2.05) is 13.0 Å². The molecule has 2 unspecified atom stereocenters. The molecule has 1 N–H and O–H groups in total. The average Bonchev–Trinajstić information content (AvgIpc) is 3.10. The molecular weight excluding hydrogens is 483 g/mol. The van der Waals surface area contributed by atoms with Crippen LogP contribution < -0.4 is 0 Å². The highest BCUT2D eigenvalue weighted by atomic mass is 19.4. The second-order valence-electron chi connectivity index (χ2n) is 10.3. The van der Waals surface area contributed by atoms with Crippen molar-refractivity contribution in [1.82, 2.24) is 14.8 Å². The van der Waals surface area contributed by atoms with Crippen LogP contribution in [0.15, 0.2) is 42.6 Å². The Bertz CT molecular complexity index is 1300. The molecule has 37 heavy (non-hydrogen) atoms. The van der Waals surface area contributed by atoms with Gasteiger partial charge in [0.05, 0.1) is 18.4 Å². The zero-order valence-corrected chi connectivity index (χ0v) is 20.9. The lowest BCUT2D eigenvalue weighted by Gasteiger charge is -2.30. The van der Waals surface area contributed by atoms with Crippen LogP contribution in [0.3, 0.4) is 0 Å². The maximum absolute atomic E-state index is 14.2. The summed E-state index contributed by atoms with van der Waals surface area (Å²) in [5, 5.41) is 15.8. The van der Waals surface area contributed by atoms with Gasteiger partial charge < -0.3 is 9.84 Å². The highest BCUT2D eigenvalue weighted by molar-refractivity contribution is 5.89. The minimum Gasteiger partial charge on any atom is -0.465 e. The zero-order valence-electron chi connectivity index (χ0n) is 20.9. The van der Waals surface area contributed by atoms with Crippen LogP contribution in [0.5, 0.6) is 0 Å². The molecule has 1 aromatic carbocycles. The number of aryl methyl sites for hydroxylation is 1. The van der Waals surface area contributed by atoms with Gasteiger partial charge >= 0.3 is 12.1 Å². The number of methoxy groups -OCH3 is 1. The second-order valence-corrected chi connectivity index (χ2v) is 10.3. The second kappa shape index (κ2) is 9.59. The number of hydrogen-bond acceptors (Lipinski definition) is 5. The molecule has 0 spiro atoms. The molecule has 2 atom stereocenters. The van der Waals surface area contributed by atoms with Crippen molar-refractivity contribution in [3.05, 3.63) is 70.5 Å². The molecule has 2 aromatic heterocycles. The monoisotopic (exact) mass is 513 g/mol. The number of rotatable bonds is 5. The Kier molecular flexibility index (Phi) is 6.60. The molecule has 0 amide bonds. The van der Waals surface area contributed by atoms with E-state index in [-0.39, 0.29) is 6.42 Å². The van der Waals surface area contributed by atoms with Crippen molar-refractivity contribution in [1.29, 1.82) is 0 Å². The minimum atomic E-state index is -4.79. The summed E-state index contributed by atoms with van der Waals surface area (Å²) in [6.45, 7) is 2.34. The molecule has 0 saturated heterocycles. The van der Waals surface area contributed by atoms with Crippen LogP contribution in [0.1, 0.15) is 70.8 Å². The molecule has 0 radical (unpaired) electrons. The predicted molar refractivity (Wildman–Crippen MR) is 131 cm³/mol. The molecule has 1 fully saturated rings. The largest absolute Gasteiger partial charge is 0.465 e. The summed E-state index contributed by atoms with van der Waals surface area (Å²) in [5.74, 6) is -0.599. The number of alkyl halides is 3. The zero-order chi connectivity index (χ0) is 26.4.